The molecule has 1 amide bonds. The predicted octanol–water partition coefficient (Wildman–Crippen LogP) is 4.36. The summed E-state index contributed by atoms with van der Waals surface area (Å²) < 4.78 is 16.7. The first-order valence-electron chi connectivity index (χ1n) is 9.25. The van der Waals surface area contributed by atoms with Crippen molar-refractivity contribution in [3.63, 3.8) is 0 Å². The smallest absolute Gasteiger partial charge is 0.262 e. The fourth-order valence-corrected chi connectivity index (χ4v) is 3.02. The maximum absolute atomic E-state index is 12.6. The minimum absolute atomic E-state index is 0.0986. The molecule has 0 bridgehead atoms. The highest BCUT2D eigenvalue weighted by Gasteiger charge is 2.10. The van der Waals surface area contributed by atoms with Crippen molar-refractivity contribution in [1.29, 1.82) is 0 Å². The summed E-state index contributed by atoms with van der Waals surface area (Å²) in [6, 6.07) is 19.1. The largest absolute Gasteiger partial charge is 0.494 e. The number of fused-ring (bicyclic) bond motifs is 2. The van der Waals surface area contributed by atoms with Gasteiger partial charge >= 0.3 is 0 Å². The van der Waals surface area contributed by atoms with Crippen molar-refractivity contribution in [3.05, 3.63) is 77.0 Å². The predicted molar refractivity (Wildman–Crippen MR) is 112 cm³/mol. The summed E-state index contributed by atoms with van der Waals surface area (Å²) >= 11 is 0. The van der Waals surface area contributed by atoms with Crippen LogP contribution in [0, 0.1) is 0 Å². The molecule has 0 fully saturated rings. The van der Waals surface area contributed by atoms with Gasteiger partial charge in [0.2, 0.25) is 5.43 Å². The van der Waals surface area contributed by atoms with Gasteiger partial charge in [-0.25, -0.2) is 0 Å². The molecule has 0 saturated heterocycles. The highest BCUT2D eigenvalue weighted by molar-refractivity contribution is 5.96. The SMILES string of the molecule is CCOc1ccc(OCC(=O)Nc2ccc3c(=O)c4ccccc4oc3c2)cc1. The van der Waals surface area contributed by atoms with E-state index in [4.69, 9.17) is 13.9 Å². The minimum Gasteiger partial charge on any atom is -0.494 e. The summed E-state index contributed by atoms with van der Waals surface area (Å²) in [5.41, 5.74) is 1.35. The van der Waals surface area contributed by atoms with E-state index in [1.54, 1.807) is 66.7 Å². The maximum Gasteiger partial charge on any atom is 0.262 e. The van der Waals surface area contributed by atoms with Crippen molar-refractivity contribution in [3.8, 4) is 11.5 Å². The normalized spacial score (nSPS) is 10.8. The number of amides is 1. The number of carbonyl (C=O) groups is 1. The quantitative estimate of drug-likeness (QED) is 0.496. The number of nitrogens with one attached hydrogen (secondary N) is 1. The molecule has 29 heavy (non-hydrogen) atoms. The molecule has 1 aromatic heterocycles. The van der Waals surface area contributed by atoms with Crippen LogP contribution in [0.1, 0.15) is 6.92 Å². The lowest BCUT2D eigenvalue weighted by molar-refractivity contribution is -0.118. The fourth-order valence-electron chi connectivity index (χ4n) is 3.02. The van der Waals surface area contributed by atoms with Gasteiger partial charge in [0.05, 0.1) is 17.4 Å². The minimum atomic E-state index is -0.318. The van der Waals surface area contributed by atoms with Crippen LogP contribution in [0.25, 0.3) is 21.9 Å². The van der Waals surface area contributed by atoms with Crippen LogP contribution in [-0.4, -0.2) is 19.1 Å². The fraction of sp³-hybridized carbons (Fsp3) is 0.130. The monoisotopic (exact) mass is 389 g/mol. The highest BCUT2D eigenvalue weighted by Crippen LogP contribution is 2.22. The van der Waals surface area contributed by atoms with Gasteiger partial charge < -0.3 is 19.2 Å². The van der Waals surface area contributed by atoms with Crippen molar-refractivity contribution in [2.24, 2.45) is 0 Å². The van der Waals surface area contributed by atoms with Gasteiger partial charge in [-0.2, -0.15) is 0 Å². The second-order valence-corrected chi connectivity index (χ2v) is 6.38. The standard InChI is InChI=1S/C23H19NO5/c1-2-27-16-8-10-17(11-9-16)28-14-22(25)24-15-7-12-19-21(13-15)29-20-6-4-3-5-18(20)23(19)26/h3-13H,2,14H2,1H3,(H,24,25). The Morgan fingerprint density at radius 1 is 0.897 bits per heavy atom. The summed E-state index contributed by atoms with van der Waals surface area (Å²) in [7, 11) is 0. The molecule has 0 atom stereocenters. The molecule has 0 unspecified atom stereocenters. The first-order chi connectivity index (χ1) is 14.1. The Bertz CT molecular complexity index is 1230. The highest BCUT2D eigenvalue weighted by atomic mass is 16.5. The Morgan fingerprint density at radius 2 is 1.59 bits per heavy atom. The molecule has 6 heteroatoms. The van der Waals surface area contributed by atoms with Crippen molar-refractivity contribution < 1.29 is 18.7 Å². The number of carbonyl (C=O) groups excluding carboxylic acids is 1. The van der Waals surface area contributed by atoms with Crippen LogP contribution in [0.3, 0.4) is 0 Å². The molecule has 1 heterocycles. The summed E-state index contributed by atoms with van der Waals surface area (Å²) in [6.07, 6.45) is 0. The molecule has 4 rings (SSSR count). The Kier molecular flexibility index (Phi) is 5.16. The lowest BCUT2D eigenvalue weighted by Gasteiger charge is -2.09. The van der Waals surface area contributed by atoms with Gasteiger partial charge in [-0.3, -0.25) is 9.59 Å². The zero-order valence-electron chi connectivity index (χ0n) is 15.8. The van der Waals surface area contributed by atoms with Gasteiger partial charge in [0.15, 0.2) is 6.61 Å². The van der Waals surface area contributed by atoms with Crippen LogP contribution >= 0.6 is 0 Å². The van der Waals surface area contributed by atoms with E-state index in [0.717, 1.165) is 5.75 Å². The molecule has 0 aliphatic carbocycles. The van der Waals surface area contributed by atoms with Crippen molar-refractivity contribution >= 4 is 33.5 Å². The van der Waals surface area contributed by atoms with Crippen LogP contribution in [-0.2, 0) is 4.79 Å². The molecular formula is C23H19NO5. The topological polar surface area (TPSA) is 77.8 Å². The van der Waals surface area contributed by atoms with E-state index in [9.17, 15) is 9.59 Å². The Morgan fingerprint density at radius 3 is 2.34 bits per heavy atom. The molecule has 0 aliphatic rings. The maximum atomic E-state index is 12.6. The third-order valence-corrected chi connectivity index (χ3v) is 4.37. The lowest BCUT2D eigenvalue weighted by Crippen LogP contribution is -2.20. The van der Waals surface area contributed by atoms with E-state index in [1.165, 1.54) is 0 Å². The number of benzene rings is 3. The molecule has 0 aliphatic heterocycles. The molecule has 146 valence electrons. The van der Waals surface area contributed by atoms with Gasteiger partial charge in [-0.05, 0) is 55.5 Å². The number of hydrogen-bond donors (Lipinski definition) is 1. The number of ether oxygens (including phenoxy) is 2. The first-order valence-corrected chi connectivity index (χ1v) is 9.25. The number of rotatable bonds is 6. The van der Waals surface area contributed by atoms with E-state index in [1.807, 2.05) is 6.92 Å². The van der Waals surface area contributed by atoms with Gasteiger partial charge in [0.25, 0.3) is 5.91 Å². The molecule has 0 saturated carbocycles. The van der Waals surface area contributed by atoms with Gasteiger partial charge in [-0.1, -0.05) is 12.1 Å². The summed E-state index contributed by atoms with van der Waals surface area (Å²) in [5, 5.41) is 3.75. The molecule has 4 aromatic rings. The number of para-hydroxylation sites is 1. The molecule has 3 aromatic carbocycles. The van der Waals surface area contributed by atoms with Crippen molar-refractivity contribution in [2.75, 3.05) is 18.5 Å². The molecule has 6 nitrogen and oxygen atoms in total. The zero-order chi connectivity index (χ0) is 20.2. The number of anilines is 1. The molecular weight excluding hydrogens is 370 g/mol. The molecule has 0 radical (unpaired) electrons. The van der Waals surface area contributed by atoms with Crippen LogP contribution in [0.15, 0.2) is 75.9 Å². The third kappa shape index (κ3) is 4.06. The van der Waals surface area contributed by atoms with Crippen molar-refractivity contribution in [2.45, 2.75) is 6.92 Å². The molecule has 1 N–H and O–H groups in total. The average Bonchev–Trinajstić information content (AvgIpc) is 2.73. The second-order valence-electron chi connectivity index (χ2n) is 6.38. The van der Waals surface area contributed by atoms with E-state index >= 15 is 0 Å². The van der Waals surface area contributed by atoms with E-state index in [0.29, 0.717) is 40.0 Å². The van der Waals surface area contributed by atoms with Crippen LogP contribution in [0.2, 0.25) is 0 Å². The second kappa shape index (κ2) is 8.06. The average molecular weight is 389 g/mol. The van der Waals surface area contributed by atoms with Gasteiger partial charge in [0.1, 0.15) is 22.7 Å². The summed E-state index contributed by atoms with van der Waals surface area (Å²) in [5.74, 6) is 0.996. The first kappa shape index (κ1) is 18.6. The Labute approximate surface area is 166 Å². The van der Waals surface area contributed by atoms with Crippen LogP contribution in [0.5, 0.6) is 11.5 Å². The zero-order valence-corrected chi connectivity index (χ0v) is 15.8. The van der Waals surface area contributed by atoms with Gasteiger partial charge in [-0.15, -0.1) is 0 Å². The van der Waals surface area contributed by atoms with Crippen molar-refractivity contribution in [1.82, 2.24) is 0 Å². The summed E-state index contributed by atoms with van der Waals surface area (Å²) in [4.78, 5) is 24.8. The van der Waals surface area contributed by atoms with E-state index < -0.39 is 0 Å². The lowest BCUT2D eigenvalue weighted by atomic mass is 10.1. The van der Waals surface area contributed by atoms with Crippen LogP contribution in [0.4, 0.5) is 5.69 Å². The van der Waals surface area contributed by atoms with E-state index in [-0.39, 0.29) is 17.9 Å². The Balaban J connectivity index is 1.46. The van der Waals surface area contributed by atoms with Crippen LogP contribution < -0.4 is 20.2 Å². The van der Waals surface area contributed by atoms with E-state index in [2.05, 4.69) is 5.32 Å². The summed E-state index contributed by atoms with van der Waals surface area (Å²) in [6.45, 7) is 2.35. The van der Waals surface area contributed by atoms with Gasteiger partial charge in [0, 0.05) is 11.8 Å². The number of hydrogen-bond acceptors (Lipinski definition) is 5. The third-order valence-electron chi connectivity index (χ3n) is 4.37. The molecule has 0 spiro atoms. The Hall–Kier alpha value is -3.80.